The molecule has 0 spiro atoms. The average Bonchev–Trinajstić information content (AvgIpc) is 3.15. The minimum Gasteiger partial charge on any atom is -0.489 e. The zero-order valence-electron chi connectivity index (χ0n) is 17.3. The van der Waals surface area contributed by atoms with Gasteiger partial charge in [0.05, 0.1) is 6.33 Å². The lowest BCUT2D eigenvalue weighted by Crippen LogP contribution is -2.20. The Bertz CT molecular complexity index is 950. The number of ketones is 1. The summed E-state index contributed by atoms with van der Waals surface area (Å²) < 4.78 is 8.12. The fraction of sp³-hybridized carbons (Fsp3) is 0.333. The molecule has 3 rings (SSSR count). The van der Waals surface area contributed by atoms with Crippen molar-refractivity contribution in [3.63, 3.8) is 0 Å². The van der Waals surface area contributed by atoms with E-state index in [1.807, 2.05) is 57.6 Å². The molecule has 0 bridgehead atoms. The lowest BCUT2D eigenvalue weighted by Gasteiger charge is -2.17. The third kappa shape index (κ3) is 4.69. The summed E-state index contributed by atoms with van der Waals surface area (Å²) in [6, 6.07) is 12.0. The second-order valence-electron chi connectivity index (χ2n) is 8.34. The summed E-state index contributed by atoms with van der Waals surface area (Å²) in [6.45, 7) is 11.3. The first kappa shape index (κ1) is 19.9. The van der Waals surface area contributed by atoms with Crippen LogP contribution in [0.15, 0.2) is 55.1 Å². The van der Waals surface area contributed by atoms with Crippen molar-refractivity contribution in [3.05, 3.63) is 82.9 Å². The molecule has 0 saturated carbocycles. The fourth-order valence-corrected chi connectivity index (χ4v) is 3.10. The number of ether oxygens (including phenoxy) is 1. The first-order valence-corrected chi connectivity index (χ1v) is 9.56. The molecule has 4 nitrogen and oxygen atoms in total. The Labute approximate surface area is 167 Å². The topological polar surface area (TPSA) is 44.1 Å². The molecule has 4 heteroatoms. The number of hydrogen-bond acceptors (Lipinski definition) is 3. The number of carbonyl (C=O) groups is 1. The van der Waals surface area contributed by atoms with Crippen molar-refractivity contribution >= 4 is 5.78 Å². The molecule has 0 aliphatic carbocycles. The van der Waals surface area contributed by atoms with Gasteiger partial charge < -0.3 is 9.30 Å². The van der Waals surface area contributed by atoms with E-state index in [1.54, 1.807) is 6.20 Å². The fourth-order valence-electron chi connectivity index (χ4n) is 3.10. The third-order valence-electron chi connectivity index (χ3n) is 4.84. The summed E-state index contributed by atoms with van der Waals surface area (Å²) in [4.78, 5) is 16.4. The van der Waals surface area contributed by atoms with Gasteiger partial charge in [-0.2, -0.15) is 0 Å². The van der Waals surface area contributed by atoms with Crippen LogP contribution in [0.5, 0.6) is 5.75 Å². The van der Waals surface area contributed by atoms with E-state index in [0.29, 0.717) is 6.61 Å². The predicted molar refractivity (Wildman–Crippen MR) is 112 cm³/mol. The predicted octanol–water partition coefficient (Wildman–Crippen LogP) is 5.36. The number of rotatable bonds is 6. The van der Waals surface area contributed by atoms with Gasteiger partial charge in [0.15, 0.2) is 5.78 Å². The molecule has 0 unspecified atom stereocenters. The van der Waals surface area contributed by atoms with Gasteiger partial charge in [0, 0.05) is 29.9 Å². The molecular formula is C24H28N2O2. The highest BCUT2D eigenvalue weighted by atomic mass is 16.5. The Kier molecular flexibility index (Phi) is 5.68. The lowest BCUT2D eigenvalue weighted by molar-refractivity contribution is 0.0858. The van der Waals surface area contributed by atoms with Crippen LogP contribution in [0.4, 0.5) is 0 Å². The molecule has 0 saturated heterocycles. The number of benzene rings is 2. The summed E-state index contributed by atoms with van der Waals surface area (Å²) >= 11 is 0. The van der Waals surface area contributed by atoms with E-state index < -0.39 is 0 Å². The molecule has 1 heterocycles. The molecule has 0 amide bonds. The van der Waals surface area contributed by atoms with Gasteiger partial charge in [-0.05, 0) is 42.2 Å². The van der Waals surface area contributed by atoms with Crippen LogP contribution in [0.25, 0.3) is 0 Å². The maximum absolute atomic E-state index is 12.3. The average molecular weight is 377 g/mol. The van der Waals surface area contributed by atoms with Crippen molar-refractivity contribution in [2.45, 2.75) is 47.8 Å². The molecule has 2 aromatic carbocycles. The Morgan fingerprint density at radius 2 is 1.79 bits per heavy atom. The second kappa shape index (κ2) is 8.01. The van der Waals surface area contributed by atoms with Gasteiger partial charge in [-0.3, -0.25) is 4.79 Å². The molecule has 0 aliphatic heterocycles. The zero-order valence-corrected chi connectivity index (χ0v) is 17.3. The van der Waals surface area contributed by atoms with Crippen LogP contribution in [0.3, 0.4) is 0 Å². The highest BCUT2D eigenvalue weighted by molar-refractivity contribution is 5.99. The Morgan fingerprint density at radius 3 is 2.39 bits per heavy atom. The number of Topliss-reactive ketones (excluding diaryl/α,β-unsaturated/α-hetero) is 1. The Morgan fingerprint density at radius 1 is 1.07 bits per heavy atom. The van der Waals surface area contributed by atoms with Crippen molar-refractivity contribution in [3.8, 4) is 5.75 Å². The van der Waals surface area contributed by atoms with Gasteiger partial charge in [0.25, 0.3) is 0 Å². The van der Waals surface area contributed by atoms with Crippen molar-refractivity contribution < 1.29 is 9.53 Å². The lowest BCUT2D eigenvalue weighted by atomic mass is 9.86. The van der Waals surface area contributed by atoms with Crippen LogP contribution in [0, 0.1) is 19.3 Å². The van der Waals surface area contributed by atoms with E-state index in [0.717, 1.165) is 29.0 Å². The van der Waals surface area contributed by atoms with Gasteiger partial charge in [0.2, 0.25) is 0 Å². The van der Waals surface area contributed by atoms with Crippen LogP contribution in [-0.4, -0.2) is 15.3 Å². The largest absolute Gasteiger partial charge is 0.489 e. The van der Waals surface area contributed by atoms with Crippen LogP contribution in [0.1, 0.15) is 53.4 Å². The van der Waals surface area contributed by atoms with Crippen molar-refractivity contribution in [1.29, 1.82) is 0 Å². The van der Waals surface area contributed by atoms with Crippen LogP contribution in [-0.2, 0) is 13.2 Å². The summed E-state index contributed by atoms with van der Waals surface area (Å²) in [6.07, 6.45) is 5.58. The van der Waals surface area contributed by atoms with Crippen LogP contribution >= 0.6 is 0 Å². The number of aryl methyl sites for hydroxylation is 2. The molecule has 0 atom stereocenters. The summed E-state index contributed by atoms with van der Waals surface area (Å²) in [5.74, 6) is 1.04. The van der Waals surface area contributed by atoms with Crippen LogP contribution in [0.2, 0.25) is 0 Å². The maximum Gasteiger partial charge on any atom is 0.168 e. The summed E-state index contributed by atoms with van der Waals surface area (Å²) in [5, 5.41) is 0. The van der Waals surface area contributed by atoms with E-state index in [4.69, 9.17) is 4.74 Å². The summed E-state index contributed by atoms with van der Waals surface area (Å²) in [5.41, 5.74) is 4.98. The minimum absolute atomic E-state index is 0.153. The van der Waals surface area contributed by atoms with Gasteiger partial charge >= 0.3 is 0 Å². The number of carbonyl (C=O) groups excluding carboxylic acids is 1. The Hall–Kier alpha value is -2.88. The van der Waals surface area contributed by atoms with Gasteiger partial charge in [-0.25, -0.2) is 4.98 Å². The number of nitrogens with zero attached hydrogens (tertiary/aromatic N) is 2. The van der Waals surface area contributed by atoms with Gasteiger partial charge in [0.1, 0.15) is 12.4 Å². The first-order valence-electron chi connectivity index (χ1n) is 9.56. The quantitative estimate of drug-likeness (QED) is 0.544. The normalized spacial score (nSPS) is 11.5. The number of aromatic nitrogens is 2. The van der Waals surface area contributed by atoms with Gasteiger partial charge in [-0.1, -0.05) is 51.1 Å². The molecule has 0 N–H and O–H groups in total. The van der Waals surface area contributed by atoms with Crippen LogP contribution < -0.4 is 4.74 Å². The highest BCUT2D eigenvalue weighted by Crippen LogP contribution is 2.25. The van der Waals surface area contributed by atoms with E-state index in [2.05, 4.69) is 35.5 Å². The molecule has 0 radical (unpaired) electrons. The Balaban J connectivity index is 1.67. The maximum atomic E-state index is 12.3. The smallest absolute Gasteiger partial charge is 0.168 e. The third-order valence-corrected chi connectivity index (χ3v) is 4.84. The molecule has 1 aromatic heterocycles. The number of hydrogen-bond donors (Lipinski definition) is 0. The zero-order chi connectivity index (χ0) is 20.3. The SMILES string of the molecule is Cc1cc(OCc2ccc(C(=O)C(C)(C)C)cc2)c(C)cc1Cn1ccnc1. The first-order chi connectivity index (χ1) is 13.2. The monoisotopic (exact) mass is 376 g/mol. The van der Waals surface area contributed by atoms with Crippen molar-refractivity contribution in [2.24, 2.45) is 5.41 Å². The molecule has 146 valence electrons. The molecule has 0 aliphatic rings. The molecular weight excluding hydrogens is 348 g/mol. The summed E-state index contributed by atoms with van der Waals surface area (Å²) in [7, 11) is 0. The molecule has 3 aromatic rings. The van der Waals surface area contributed by atoms with E-state index in [1.165, 1.54) is 11.1 Å². The minimum atomic E-state index is -0.370. The van der Waals surface area contributed by atoms with E-state index in [-0.39, 0.29) is 11.2 Å². The number of imidazole rings is 1. The van der Waals surface area contributed by atoms with E-state index in [9.17, 15) is 4.79 Å². The standard InChI is InChI=1S/C24H28N2O2/c1-17-13-22(18(2)12-21(17)14-26-11-10-25-16-26)28-15-19-6-8-20(9-7-19)23(27)24(3,4)5/h6-13,16H,14-15H2,1-5H3. The highest BCUT2D eigenvalue weighted by Gasteiger charge is 2.22. The molecule has 0 fully saturated rings. The van der Waals surface area contributed by atoms with Gasteiger partial charge in [-0.15, -0.1) is 0 Å². The van der Waals surface area contributed by atoms with Crippen molar-refractivity contribution in [2.75, 3.05) is 0 Å². The van der Waals surface area contributed by atoms with E-state index >= 15 is 0 Å². The van der Waals surface area contributed by atoms with Crippen molar-refractivity contribution in [1.82, 2.24) is 9.55 Å². The second-order valence-corrected chi connectivity index (χ2v) is 8.34. The molecule has 28 heavy (non-hydrogen) atoms.